The van der Waals surface area contributed by atoms with Gasteiger partial charge in [-0.25, -0.2) is 4.98 Å². The Hall–Kier alpha value is -1.71. The van der Waals surface area contributed by atoms with Crippen LogP contribution in [0, 0.1) is 0 Å². The Morgan fingerprint density at radius 2 is 2.48 bits per heavy atom. The molecule has 0 atom stereocenters. The van der Waals surface area contributed by atoms with Crippen LogP contribution in [0.5, 0.6) is 0 Å². The molecule has 0 aromatic carbocycles. The predicted octanol–water partition coefficient (Wildman–Crippen LogP) is 1.80. The zero-order valence-electron chi connectivity index (χ0n) is 11.5. The molecule has 9 heteroatoms. The average molecular weight is 325 g/mol. The van der Waals surface area contributed by atoms with Crippen molar-refractivity contribution in [2.75, 3.05) is 18.2 Å². The molecule has 1 N–H and O–H groups in total. The molecule has 0 unspecified atom stereocenters. The van der Waals surface area contributed by atoms with E-state index in [1.165, 1.54) is 23.1 Å². The van der Waals surface area contributed by atoms with Crippen LogP contribution in [-0.4, -0.2) is 38.5 Å². The average Bonchev–Trinajstić information content (AvgIpc) is 3.09. The third-order valence-electron chi connectivity index (χ3n) is 2.39. The number of nitrogens with one attached hydrogen (secondary N) is 1. The summed E-state index contributed by atoms with van der Waals surface area (Å²) in [5.74, 6) is 0.818. The Morgan fingerprint density at radius 3 is 3.14 bits per heavy atom. The van der Waals surface area contributed by atoms with Crippen molar-refractivity contribution < 1.29 is 9.53 Å². The van der Waals surface area contributed by atoms with Gasteiger partial charge in [0.25, 0.3) is 0 Å². The first-order chi connectivity index (χ1) is 10.2. The summed E-state index contributed by atoms with van der Waals surface area (Å²) in [6, 6.07) is 0. The smallest absolute Gasteiger partial charge is 0.236 e. The van der Waals surface area contributed by atoms with E-state index in [-0.39, 0.29) is 11.7 Å². The van der Waals surface area contributed by atoms with Crippen molar-refractivity contribution in [1.82, 2.24) is 19.7 Å². The molecular weight excluding hydrogens is 310 g/mol. The summed E-state index contributed by atoms with van der Waals surface area (Å²) in [5, 5.41) is 13.9. The summed E-state index contributed by atoms with van der Waals surface area (Å²) in [7, 11) is 1.60. The van der Waals surface area contributed by atoms with E-state index in [9.17, 15) is 4.79 Å². The van der Waals surface area contributed by atoms with Gasteiger partial charge in [0.15, 0.2) is 16.1 Å². The van der Waals surface area contributed by atoms with E-state index in [0.717, 1.165) is 0 Å². The number of allylic oxidation sites excluding steroid dienone is 1. The molecule has 1 amide bonds. The van der Waals surface area contributed by atoms with Crippen molar-refractivity contribution in [3.8, 4) is 0 Å². The summed E-state index contributed by atoms with van der Waals surface area (Å²) in [6.07, 6.45) is 3.40. The molecule has 0 radical (unpaired) electrons. The van der Waals surface area contributed by atoms with Crippen LogP contribution in [0.1, 0.15) is 5.82 Å². The van der Waals surface area contributed by atoms with Crippen molar-refractivity contribution in [2.45, 2.75) is 18.3 Å². The number of thiazole rings is 1. The van der Waals surface area contributed by atoms with Gasteiger partial charge in [-0.15, -0.1) is 28.1 Å². The maximum Gasteiger partial charge on any atom is 0.236 e. The lowest BCUT2D eigenvalue weighted by Gasteiger charge is -2.06. The molecule has 0 fully saturated rings. The highest BCUT2D eigenvalue weighted by atomic mass is 32.2. The molecule has 7 nitrogen and oxygen atoms in total. The number of aromatic nitrogens is 4. The molecule has 2 rings (SSSR count). The summed E-state index contributed by atoms with van der Waals surface area (Å²) >= 11 is 2.69. The van der Waals surface area contributed by atoms with Crippen molar-refractivity contribution in [3.63, 3.8) is 0 Å². The third kappa shape index (κ3) is 4.38. The van der Waals surface area contributed by atoms with E-state index >= 15 is 0 Å². The van der Waals surface area contributed by atoms with Crippen molar-refractivity contribution in [2.24, 2.45) is 0 Å². The fraction of sp³-hybridized carbons (Fsp3) is 0.333. The topological polar surface area (TPSA) is 81.9 Å². The monoisotopic (exact) mass is 325 g/mol. The van der Waals surface area contributed by atoms with Gasteiger partial charge >= 0.3 is 0 Å². The number of ether oxygens (including phenoxy) is 1. The van der Waals surface area contributed by atoms with Crippen LogP contribution < -0.4 is 5.32 Å². The van der Waals surface area contributed by atoms with Crippen LogP contribution in [0.3, 0.4) is 0 Å². The minimum atomic E-state index is -0.128. The molecule has 0 saturated heterocycles. The van der Waals surface area contributed by atoms with Crippen molar-refractivity contribution in [3.05, 3.63) is 30.1 Å². The van der Waals surface area contributed by atoms with Crippen molar-refractivity contribution in [1.29, 1.82) is 0 Å². The molecule has 0 aliphatic carbocycles. The lowest BCUT2D eigenvalue weighted by atomic mass is 10.5. The highest BCUT2D eigenvalue weighted by Crippen LogP contribution is 2.18. The number of nitrogens with zero attached hydrogens (tertiary/aromatic N) is 4. The number of carbonyl (C=O) groups excluding carboxylic acids is 1. The number of amides is 1. The minimum absolute atomic E-state index is 0.128. The molecule has 0 aliphatic rings. The summed E-state index contributed by atoms with van der Waals surface area (Å²) < 4.78 is 6.94. The first-order valence-corrected chi connectivity index (χ1v) is 7.95. The van der Waals surface area contributed by atoms with Crippen LogP contribution in [0.2, 0.25) is 0 Å². The predicted molar refractivity (Wildman–Crippen MR) is 82.4 cm³/mol. The van der Waals surface area contributed by atoms with Gasteiger partial charge in [-0.1, -0.05) is 17.8 Å². The molecule has 21 heavy (non-hydrogen) atoms. The second-order valence-corrected chi connectivity index (χ2v) is 5.74. The highest BCUT2D eigenvalue weighted by molar-refractivity contribution is 7.99. The first kappa shape index (κ1) is 15.7. The molecule has 2 heterocycles. The van der Waals surface area contributed by atoms with Crippen LogP contribution in [-0.2, 0) is 22.7 Å². The quantitative estimate of drug-likeness (QED) is 0.589. The number of hydrogen-bond donors (Lipinski definition) is 1. The van der Waals surface area contributed by atoms with Gasteiger partial charge in [0.05, 0.1) is 5.75 Å². The van der Waals surface area contributed by atoms with E-state index in [1.54, 1.807) is 24.8 Å². The first-order valence-electron chi connectivity index (χ1n) is 6.08. The lowest BCUT2D eigenvalue weighted by molar-refractivity contribution is -0.113. The Morgan fingerprint density at radius 1 is 1.62 bits per heavy atom. The minimum Gasteiger partial charge on any atom is -0.377 e. The molecular formula is C12H15N5O2S2. The SMILES string of the molecule is C=CCn1c(COC)nnc1SCC(=O)Nc1nccs1. The zero-order valence-corrected chi connectivity index (χ0v) is 13.1. The molecule has 2 aromatic heterocycles. The normalized spacial score (nSPS) is 10.5. The number of rotatable bonds is 8. The fourth-order valence-corrected chi connectivity index (χ4v) is 2.86. The summed E-state index contributed by atoms with van der Waals surface area (Å²) in [6.45, 7) is 4.65. The van der Waals surface area contributed by atoms with Crippen LogP contribution in [0.25, 0.3) is 0 Å². The molecule has 2 aromatic rings. The zero-order chi connectivity index (χ0) is 15.1. The van der Waals surface area contributed by atoms with Crippen LogP contribution in [0.15, 0.2) is 29.4 Å². The Labute approximate surface area is 130 Å². The van der Waals surface area contributed by atoms with Gasteiger partial charge in [-0.2, -0.15) is 0 Å². The van der Waals surface area contributed by atoms with E-state index in [1.807, 2.05) is 4.57 Å². The Kier molecular flexibility index (Phi) is 5.90. The van der Waals surface area contributed by atoms with E-state index in [2.05, 4.69) is 27.1 Å². The largest absolute Gasteiger partial charge is 0.377 e. The standard InChI is InChI=1S/C12H15N5O2S2/c1-3-5-17-9(7-19-2)15-16-12(17)21-8-10(18)14-11-13-4-6-20-11/h3-4,6H,1,5,7-8H2,2H3,(H,13,14,18). The number of carbonyl (C=O) groups is 1. The second-order valence-electron chi connectivity index (χ2n) is 3.91. The molecule has 0 saturated carbocycles. The molecule has 0 aliphatic heterocycles. The maximum absolute atomic E-state index is 11.8. The second kappa shape index (κ2) is 7.91. The van der Waals surface area contributed by atoms with E-state index < -0.39 is 0 Å². The number of methoxy groups -OCH3 is 1. The van der Waals surface area contributed by atoms with Gasteiger partial charge in [-0.05, 0) is 0 Å². The maximum atomic E-state index is 11.8. The fourth-order valence-electron chi connectivity index (χ4n) is 1.54. The van der Waals surface area contributed by atoms with Crippen LogP contribution in [0.4, 0.5) is 5.13 Å². The van der Waals surface area contributed by atoms with Gasteiger partial charge < -0.3 is 14.6 Å². The lowest BCUT2D eigenvalue weighted by Crippen LogP contribution is -2.14. The molecule has 112 valence electrons. The van der Waals surface area contributed by atoms with Crippen LogP contribution >= 0.6 is 23.1 Å². The van der Waals surface area contributed by atoms with Gasteiger partial charge in [0, 0.05) is 25.2 Å². The Bertz CT molecular complexity index is 597. The van der Waals surface area contributed by atoms with E-state index in [0.29, 0.717) is 29.3 Å². The highest BCUT2D eigenvalue weighted by Gasteiger charge is 2.13. The van der Waals surface area contributed by atoms with Gasteiger partial charge in [-0.3, -0.25) is 4.79 Å². The molecule has 0 spiro atoms. The summed E-state index contributed by atoms with van der Waals surface area (Å²) in [4.78, 5) is 15.8. The Balaban J connectivity index is 1.95. The third-order valence-corrected chi connectivity index (χ3v) is 4.04. The summed E-state index contributed by atoms with van der Waals surface area (Å²) in [5.41, 5.74) is 0. The van der Waals surface area contributed by atoms with E-state index in [4.69, 9.17) is 4.74 Å². The van der Waals surface area contributed by atoms with Gasteiger partial charge in [0.2, 0.25) is 5.91 Å². The van der Waals surface area contributed by atoms with Gasteiger partial charge in [0.1, 0.15) is 6.61 Å². The molecule has 0 bridgehead atoms. The van der Waals surface area contributed by atoms with Crippen molar-refractivity contribution >= 4 is 34.1 Å². The number of anilines is 1. The number of hydrogen-bond acceptors (Lipinski definition) is 7. The number of thioether (sulfide) groups is 1.